The Morgan fingerprint density at radius 2 is 1.78 bits per heavy atom. The summed E-state index contributed by atoms with van der Waals surface area (Å²) in [5.41, 5.74) is 1.95. The number of para-hydroxylation sites is 1. The maximum absolute atomic E-state index is 12.7. The maximum Gasteiger partial charge on any atom is 0.222 e. The largest absolute Gasteiger partial charge is 0.461 e. The molecule has 0 saturated heterocycles. The van der Waals surface area contributed by atoms with Gasteiger partial charge in [-0.05, 0) is 43.2 Å². The lowest BCUT2D eigenvalue weighted by molar-refractivity contribution is -0.121. The molecule has 0 aliphatic rings. The highest BCUT2D eigenvalue weighted by molar-refractivity contribution is 5.91. The molecule has 4 aromatic rings. The van der Waals surface area contributed by atoms with Crippen LogP contribution in [0.5, 0.6) is 0 Å². The first-order chi connectivity index (χ1) is 15.7. The lowest BCUT2D eigenvalue weighted by atomic mass is 10.1. The first-order valence-electron chi connectivity index (χ1n) is 11.1. The SMILES string of the molecule is CCCN(CCC(=O)N[C@H](C)c1ccccc1)c1nc(-c2ccco2)nc2ccccc12. The monoisotopic (exact) mass is 428 g/mol. The van der Waals surface area contributed by atoms with Crippen LogP contribution >= 0.6 is 0 Å². The van der Waals surface area contributed by atoms with Crippen molar-refractivity contribution in [2.45, 2.75) is 32.7 Å². The van der Waals surface area contributed by atoms with Crippen molar-refractivity contribution in [1.82, 2.24) is 15.3 Å². The second-order valence-electron chi connectivity index (χ2n) is 7.80. The molecule has 0 spiro atoms. The van der Waals surface area contributed by atoms with E-state index in [0.717, 1.165) is 35.2 Å². The smallest absolute Gasteiger partial charge is 0.222 e. The van der Waals surface area contributed by atoms with E-state index in [1.165, 1.54) is 0 Å². The van der Waals surface area contributed by atoms with Crippen LogP contribution in [0.1, 0.15) is 38.3 Å². The Hall–Kier alpha value is -3.67. The van der Waals surface area contributed by atoms with Crippen molar-refractivity contribution in [2.24, 2.45) is 0 Å². The van der Waals surface area contributed by atoms with Crippen LogP contribution in [-0.4, -0.2) is 29.0 Å². The van der Waals surface area contributed by atoms with E-state index in [-0.39, 0.29) is 11.9 Å². The molecule has 2 aromatic carbocycles. The average molecular weight is 429 g/mol. The number of benzene rings is 2. The van der Waals surface area contributed by atoms with Gasteiger partial charge in [0.2, 0.25) is 5.91 Å². The molecule has 0 saturated carbocycles. The van der Waals surface area contributed by atoms with E-state index in [9.17, 15) is 4.79 Å². The summed E-state index contributed by atoms with van der Waals surface area (Å²) in [5, 5.41) is 4.07. The summed E-state index contributed by atoms with van der Waals surface area (Å²) in [6, 6.07) is 21.6. The van der Waals surface area contributed by atoms with Gasteiger partial charge in [0, 0.05) is 24.9 Å². The summed E-state index contributed by atoms with van der Waals surface area (Å²) in [6.07, 6.45) is 2.94. The molecule has 6 nitrogen and oxygen atoms in total. The summed E-state index contributed by atoms with van der Waals surface area (Å²) in [4.78, 5) is 24.4. The molecule has 1 atom stereocenters. The fraction of sp³-hybridized carbons (Fsp3) is 0.269. The molecule has 0 aliphatic heterocycles. The number of nitrogens with one attached hydrogen (secondary N) is 1. The molecule has 32 heavy (non-hydrogen) atoms. The highest BCUT2D eigenvalue weighted by Gasteiger charge is 2.18. The molecule has 0 bridgehead atoms. The van der Waals surface area contributed by atoms with Gasteiger partial charge in [0.1, 0.15) is 5.82 Å². The van der Waals surface area contributed by atoms with Crippen molar-refractivity contribution in [2.75, 3.05) is 18.0 Å². The quantitative estimate of drug-likeness (QED) is 0.388. The fourth-order valence-corrected chi connectivity index (χ4v) is 3.79. The molecule has 4 rings (SSSR count). The molecule has 1 amide bonds. The van der Waals surface area contributed by atoms with Crippen LogP contribution < -0.4 is 10.2 Å². The van der Waals surface area contributed by atoms with E-state index in [1.807, 2.05) is 73.7 Å². The van der Waals surface area contributed by atoms with Gasteiger partial charge in [0.15, 0.2) is 11.6 Å². The van der Waals surface area contributed by atoms with Gasteiger partial charge in [-0.3, -0.25) is 4.79 Å². The molecule has 2 heterocycles. The Morgan fingerprint density at radius 3 is 2.53 bits per heavy atom. The molecule has 2 aromatic heterocycles. The number of hydrogen-bond donors (Lipinski definition) is 1. The maximum atomic E-state index is 12.7. The molecule has 0 aliphatic carbocycles. The molecule has 6 heteroatoms. The van der Waals surface area contributed by atoms with Crippen LogP contribution in [0.15, 0.2) is 77.4 Å². The van der Waals surface area contributed by atoms with Crippen LogP contribution in [0.3, 0.4) is 0 Å². The zero-order chi connectivity index (χ0) is 22.3. The third-order valence-corrected chi connectivity index (χ3v) is 5.40. The summed E-state index contributed by atoms with van der Waals surface area (Å²) >= 11 is 0. The minimum absolute atomic E-state index is 0.0204. The van der Waals surface area contributed by atoms with E-state index in [4.69, 9.17) is 9.40 Å². The number of furan rings is 1. The van der Waals surface area contributed by atoms with E-state index in [2.05, 4.69) is 22.1 Å². The van der Waals surface area contributed by atoms with Crippen LogP contribution in [0.4, 0.5) is 5.82 Å². The first kappa shape index (κ1) is 21.6. The third-order valence-electron chi connectivity index (χ3n) is 5.40. The topological polar surface area (TPSA) is 71.3 Å². The number of amides is 1. The van der Waals surface area contributed by atoms with Crippen LogP contribution in [0.25, 0.3) is 22.5 Å². The van der Waals surface area contributed by atoms with E-state index in [1.54, 1.807) is 6.26 Å². The Kier molecular flexibility index (Phi) is 6.80. The number of aromatic nitrogens is 2. The molecule has 0 fully saturated rings. The van der Waals surface area contributed by atoms with Gasteiger partial charge >= 0.3 is 0 Å². The Labute approximate surface area is 188 Å². The second-order valence-corrected chi connectivity index (χ2v) is 7.80. The average Bonchev–Trinajstić information content (AvgIpc) is 3.37. The van der Waals surface area contributed by atoms with Crippen LogP contribution in [-0.2, 0) is 4.79 Å². The number of nitrogens with zero attached hydrogens (tertiary/aromatic N) is 3. The van der Waals surface area contributed by atoms with Gasteiger partial charge in [0.25, 0.3) is 0 Å². The number of fused-ring (bicyclic) bond motifs is 1. The highest BCUT2D eigenvalue weighted by atomic mass is 16.3. The van der Waals surface area contributed by atoms with Gasteiger partial charge in [-0.15, -0.1) is 0 Å². The van der Waals surface area contributed by atoms with Crippen molar-refractivity contribution in [3.05, 3.63) is 78.6 Å². The third kappa shape index (κ3) is 4.97. The molecular weight excluding hydrogens is 400 g/mol. The van der Waals surface area contributed by atoms with E-state index >= 15 is 0 Å². The lowest BCUT2D eigenvalue weighted by Gasteiger charge is -2.25. The van der Waals surface area contributed by atoms with Crippen molar-refractivity contribution in [1.29, 1.82) is 0 Å². The normalized spacial score (nSPS) is 11.9. The number of anilines is 1. The summed E-state index contributed by atoms with van der Waals surface area (Å²) in [7, 11) is 0. The van der Waals surface area contributed by atoms with E-state index < -0.39 is 0 Å². The zero-order valence-corrected chi connectivity index (χ0v) is 18.5. The summed E-state index contributed by atoms with van der Waals surface area (Å²) < 4.78 is 5.54. The van der Waals surface area contributed by atoms with Gasteiger partial charge < -0.3 is 14.6 Å². The molecule has 1 N–H and O–H groups in total. The Balaban J connectivity index is 1.55. The molecule has 0 unspecified atom stereocenters. The lowest BCUT2D eigenvalue weighted by Crippen LogP contribution is -2.33. The predicted octanol–water partition coefficient (Wildman–Crippen LogP) is 5.37. The molecule has 0 radical (unpaired) electrons. The predicted molar refractivity (Wildman–Crippen MR) is 127 cm³/mol. The molecule has 164 valence electrons. The minimum Gasteiger partial charge on any atom is -0.461 e. The highest BCUT2D eigenvalue weighted by Crippen LogP contribution is 2.28. The van der Waals surface area contributed by atoms with Crippen molar-refractivity contribution in [3.63, 3.8) is 0 Å². The number of hydrogen-bond acceptors (Lipinski definition) is 5. The zero-order valence-electron chi connectivity index (χ0n) is 18.5. The van der Waals surface area contributed by atoms with Crippen LogP contribution in [0, 0.1) is 0 Å². The number of rotatable bonds is 9. The molecular formula is C26H28N4O2. The number of carbonyl (C=O) groups is 1. The van der Waals surface area contributed by atoms with Gasteiger partial charge in [0.05, 0.1) is 17.8 Å². The van der Waals surface area contributed by atoms with Gasteiger partial charge in [-0.1, -0.05) is 49.4 Å². The Bertz CT molecular complexity index is 1160. The van der Waals surface area contributed by atoms with Crippen molar-refractivity contribution in [3.8, 4) is 11.6 Å². The van der Waals surface area contributed by atoms with Gasteiger partial charge in [-0.25, -0.2) is 9.97 Å². The van der Waals surface area contributed by atoms with Crippen molar-refractivity contribution < 1.29 is 9.21 Å². The minimum atomic E-state index is -0.0336. The standard InChI is InChI=1S/C26H28N4O2/c1-3-16-30(17-15-24(31)27-19(2)20-10-5-4-6-11-20)26-21-12-7-8-13-22(21)28-25(29-26)23-14-9-18-32-23/h4-14,18-19H,3,15-17H2,1-2H3,(H,27,31)/t19-/m1/s1. The first-order valence-corrected chi connectivity index (χ1v) is 11.1. The summed E-state index contributed by atoms with van der Waals surface area (Å²) in [6.45, 7) is 5.49. The fourth-order valence-electron chi connectivity index (χ4n) is 3.79. The second kappa shape index (κ2) is 10.1. The van der Waals surface area contributed by atoms with Crippen LogP contribution in [0.2, 0.25) is 0 Å². The van der Waals surface area contributed by atoms with Crippen molar-refractivity contribution >= 4 is 22.6 Å². The summed E-state index contributed by atoms with van der Waals surface area (Å²) in [5.74, 6) is 2.02. The Morgan fingerprint density at radius 1 is 1.00 bits per heavy atom. The number of carbonyl (C=O) groups excluding carboxylic acids is 1. The van der Waals surface area contributed by atoms with E-state index in [0.29, 0.717) is 24.6 Å². The van der Waals surface area contributed by atoms with Gasteiger partial charge in [-0.2, -0.15) is 0 Å².